The summed E-state index contributed by atoms with van der Waals surface area (Å²) >= 11 is 0. The van der Waals surface area contributed by atoms with Gasteiger partial charge in [-0.3, -0.25) is 9.59 Å². The van der Waals surface area contributed by atoms with E-state index in [0.29, 0.717) is 31.8 Å². The molecule has 1 heterocycles. The molecule has 3 nitrogen and oxygen atoms in total. The van der Waals surface area contributed by atoms with E-state index in [2.05, 4.69) is 13.8 Å². The number of hydrogen-bond donors (Lipinski definition) is 0. The third-order valence-electron chi connectivity index (χ3n) is 3.02. The zero-order valence-electron chi connectivity index (χ0n) is 9.25. The lowest BCUT2D eigenvalue weighted by molar-refractivity contribution is -0.138. The number of carbonyl (C=O) groups is 2. The quantitative estimate of drug-likeness (QED) is 0.672. The van der Waals surface area contributed by atoms with E-state index in [9.17, 15) is 9.59 Å². The number of nitrogens with zero attached hydrogens (tertiary/aromatic N) is 1. The number of piperidine rings is 1. The molecule has 0 bridgehead atoms. The van der Waals surface area contributed by atoms with Crippen LogP contribution in [0.2, 0.25) is 0 Å². The van der Waals surface area contributed by atoms with Crippen molar-refractivity contribution >= 4 is 11.7 Å². The highest BCUT2D eigenvalue weighted by Gasteiger charge is 2.25. The van der Waals surface area contributed by atoms with Crippen molar-refractivity contribution < 1.29 is 9.59 Å². The average Bonchev–Trinajstić information content (AvgIpc) is 2.16. The van der Waals surface area contributed by atoms with Crippen LogP contribution in [0, 0.1) is 11.8 Å². The Hall–Kier alpha value is -0.860. The molecule has 14 heavy (non-hydrogen) atoms. The molecule has 0 aliphatic carbocycles. The Morgan fingerprint density at radius 1 is 1.21 bits per heavy atom. The fourth-order valence-electron chi connectivity index (χ4n) is 1.55. The first-order valence-corrected chi connectivity index (χ1v) is 5.33. The molecule has 1 aliphatic heterocycles. The molecule has 1 atom stereocenters. The van der Waals surface area contributed by atoms with E-state index >= 15 is 0 Å². The Labute approximate surface area is 85.5 Å². The lowest BCUT2D eigenvalue weighted by Gasteiger charge is -2.29. The van der Waals surface area contributed by atoms with Crippen molar-refractivity contribution in [2.45, 2.75) is 33.6 Å². The van der Waals surface area contributed by atoms with Crippen molar-refractivity contribution in [2.75, 3.05) is 13.1 Å². The summed E-state index contributed by atoms with van der Waals surface area (Å²) in [4.78, 5) is 24.7. The van der Waals surface area contributed by atoms with E-state index in [-0.39, 0.29) is 17.6 Å². The highest BCUT2D eigenvalue weighted by molar-refractivity contribution is 5.84. The van der Waals surface area contributed by atoms with Crippen LogP contribution in [0.3, 0.4) is 0 Å². The third-order valence-corrected chi connectivity index (χ3v) is 3.02. The van der Waals surface area contributed by atoms with Gasteiger partial charge in [-0.2, -0.15) is 0 Å². The van der Waals surface area contributed by atoms with Crippen LogP contribution >= 0.6 is 0 Å². The smallest absolute Gasteiger partial charge is 0.225 e. The van der Waals surface area contributed by atoms with Gasteiger partial charge in [-0.25, -0.2) is 0 Å². The Kier molecular flexibility index (Phi) is 3.67. The molecule has 0 spiro atoms. The molecule has 1 saturated heterocycles. The predicted octanol–water partition coefficient (Wildman–Crippen LogP) is 1.47. The maximum absolute atomic E-state index is 11.9. The largest absolute Gasteiger partial charge is 0.342 e. The zero-order chi connectivity index (χ0) is 10.7. The minimum absolute atomic E-state index is 0.0724. The summed E-state index contributed by atoms with van der Waals surface area (Å²) in [5.41, 5.74) is 0. The maximum atomic E-state index is 11.9. The number of carbonyl (C=O) groups excluding carboxylic acids is 2. The van der Waals surface area contributed by atoms with Crippen LogP contribution in [-0.2, 0) is 9.59 Å². The summed E-state index contributed by atoms with van der Waals surface area (Å²) < 4.78 is 0. The molecule has 3 heteroatoms. The van der Waals surface area contributed by atoms with Crippen LogP contribution in [0.25, 0.3) is 0 Å². The summed E-state index contributed by atoms with van der Waals surface area (Å²) in [6.07, 6.45) is 1.08. The molecular formula is C11H19NO2. The Bertz CT molecular complexity index is 225. The van der Waals surface area contributed by atoms with E-state index in [0.717, 1.165) is 0 Å². The molecule has 0 N–H and O–H groups in total. The number of Topliss-reactive ketones (excluding diaryl/α,β-unsaturated/α-hetero) is 1. The van der Waals surface area contributed by atoms with Crippen molar-refractivity contribution in [3.63, 3.8) is 0 Å². The second-order valence-electron chi connectivity index (χ2n) is 4.40. The normalized spacial score (nSPS) is 20.0. The summed E-state index contributed by atoms with van der Waals surface area (Å²) in [5, 5.41) is 0. The number of likely N-dealkylation sites (tertiary alicyclic amines) is 1. The second kappa shape index (κ2) is 4.58. The first kappa shape index (κ1) is 11.2. The van der Waals surface area contributed by atoms with Gasteiger partial charge in [0.05, 0.1) is 0 Å². The summed E-state index contributed by atoms with van der Waals surface area (Å²) in [5.74, 6) is 0.932. The van der Waals surface area contributed by atoms with Gasteiger partial charge in [0.25, 0.3) is 0 Å². The average molecular weight is 197 g/mol. The predicted molar refractivity (Wildman–Crippen MR) is 54.8 cm³/mol. The van der Waals surface area contributed by atoms with Crippen LogP contribution in [0.5, 0.6) is 0 Å². The van der Waals surface area contributed by atoms with Gasteiger partial charge in [-0.1, -0.05) is 20.8 Å². The summed E-state index contributed by atoms with van der Waals surface area (Å²) in [7, 11) is 0. The van der Waals surface area contributed by atoms with Crippen molar-refractivity contribution in [3.05, 3.63) is 0 Å². The number of amides is 1. The van der Waals surface area contributed by atoms with Crippen molar-refractivity contribution in [2.24, 2.45) is 11.8 Å². The molecular weight excluding hydrogens is 178 g/mol. The molecule has 1 rings (SSSR count). The van der Waals surface area contributed by atoms with Gasteiger partial charge in [-0.15, -0.1) is 0 Å². The first-order valence-electron chi connectivity index (χ1n) is 5.33. The lowest BCUT2D eigenvalue weighted by atomic mass is 9.95. The molecule has 1 unspecified atom stereocenters. The molecule has 1 aliphatic rings. The van der Waals surface area contributed by atoms with Crippen molar-refractivity contribution in [1.29, 1.82) is 0 Å². The first-order chi connectivity index (χ1) is 6.52. The van der Waals surface area contributed by atoms with E-state index in [1.165, 1.54) is 0 Å². The highest BCUT2D eigenvalue weighted by Crippen LogP contribution is 2.16. The minimum atomic E-state index is 0.0724. The molecule has 0 aromatic rings. The van der Waals surface area contributed by atoms with Gasteiger partial charge in [0.2, 0.25) is 5.91 Å². The van der Waals surface area contributed by atoms with E-state index in [4.69, 9.17) is 0 Å². The molecule has 1 fully saturated rings. The van der Waals surface area contributed by atoms with Crippen LogP contribution in [0.15, 0.2) is 0 Å². The summed E-state index contributed by atoms with van der Waals surface area (Å²) in [6.45, 7) is 7.31. The SMILES string of the molecule is CC(C)C(C)C(=O)N1CCC(=O)CC1. The Morgan fingerprint density at radius 2 is 1.71 bits per heavy atom. The molecule has 0 saturated carbocycles. The maximum Gasteiger partial charge on any atom is 0.225 e. The molecule has 80 valence electrons. The van der Waals surface area contributed by atoms with Crippen LogP contribution < -0.4 is 0 Å². The molecule has 0 radical (unpaired) electrons. The summed E-state index contributed by atoms with van der Waals surface area (Å²) in [6, 6.07) is 0. The lowest BCUT2D eigenvalue weighted by Crippen LogP contribution is -2.42. The molecule has 1 amide bonds. The van der Waals surface area contributed by atoms with Crippen LogP contribution in [-0.4, -0.2) is 29.7 Å². The number of ketones is 1. The van der Waals surface area contributed by atoms with E-state index in [1.54, 1.807) is 0 Å². The fraction of sp³-hybridized carbons (Fsp3) is 0.818. The topological polar surface area (TPSA) is 37.4 Å². The Morgan fingerprint density at radius 3 is 2.14 bits per heavy atom. The zero-order valence-corrected chi connectivity index (χ0v) is 9.25. The highest BCUT2D eigenvalue weighted by atomic mass is 16.2. The van der Waals surface area contributed by atoms with Crippen LogP contribution in [0.1, 0.15) is 33.6 Å². The minimum Gasteiger partial charge on any atom is -0.342 e. The van der Waals surface area contributed by atoms with Gasteiger partial charge in [0.15, 0.2) is 0 Å². The van der Waals surface area contributed by atoms with Gasteiger partial charge < -0.3 is 4.90 Å². The molecule has 0 aromatic heterocycles. The third kappa shape index (κ3) is 2.56. The van der Waals surface area contributed by atoms with E-state index < -0.39 is 0 Å². The van der Waals surface area contributed by atoms with Gasteiger partial charge in [-0.05, 0) is 5.92 Å². The fourth-order valence-corrected chi connectivity index (χ4v) is 1.55. The van der Waals surface area contributed by atoms with Crippen molar-refractivity contribution in [1.82, 2.24) is 4.90 Å². The van der Waals surface area contributed by atoms with Gasteiger partial charge >= 0.3 is 0 Å². The van der Waals surface area contributed by atoms with Crippen LogP contribution in [0.4, 0.5) is 0 Å². The van der Waals surface area contributed by atoms with Gasteiger partial charge in [0.1, 0.15) is 5.78 Å². The standard InChI is InChI=1S/C11H19NO2/c1-8(2)9(3)11(14)12-6-4-10(13)5-7-12/h8-9H,4-7H2,1-3H3. The van der Waals surface area contributed by atoms with Gasteiger partial charge in [0, 0.05) is 31.8 Å². The monoisotopic (exact) mass is 197 g/mol. The van der Waals surface area contributed by atoms with E-state index in [1.807, 2.05) is 11.8 Å². The molecule has 0 aromatic carbocycles. The second-order valence-corrected chi connectivity index (χ2v) is 4.40. The Balaban J connectivity index is 2.49. The number of rotatable bonds is 2. The number of hydrogen-bond acceptors (Lipinski definition) is 2. The van der Waals surface area contributed by atoms with Crippen molar-refractivity contribution in [3.8, 4) is 0 Å².